The summed E-state index contributed by atoms with van der Waals surface area (Å²) in [5.74, 6) is 0.997. The largest absolute Gasteiger partial charge is 0.495 e. The lowest BCUT2D eigenvalue weighted by Gasteiger charge is -2.13. The summed E-state index contributed by atoms with van der Waals surface area (Å²) in [4.78, 5) is 12.7. The number of carbonyl (C=O) groups is 1. The summed E-state index contributed by atoms with van der Waals surface area (Å²) < 4.78 is 10.7. The quantitative estimate of drug-likeness (QED) is 0.909. The normalized spacial score (nSPS) is 15.4. The predicted octanol–water partition coefficient (Wildman–Crippen LogP) is 1.96. The number of methoxy groups -OCH3 is 1. The molecule has 1 aliphatic rings. The number of aliphatic hydroxyl groups excluding tert-OH is 1. The molecule has 0 spiro atoms. The molecule has 0 radical (unpaired) electrons. The summed E-state index contributed by atoms with van der Waals surface area (Å²) in [5.41, 5.74) is 1.08. The third-order valence-corrected chi connectivity index (χ3v) is 4.29. The highest BCUT2D eigenvalue weighted by molar-refractivity contribution is 7.10. The van der Waals surface area contributed by atoms with Gasteiger partial charge in [-0.05, 0) is 29.1 Å². The Morgan fingerprint density at radius 1 is 1.43 bits per heavy atom. The van der Waals surface area contributed by atoms with E-state index in [9.17, 15) is 9.90 Å². The van der Waals surface area contributed by atoms with E-state index in [1.165, 1.54) is 11.3 Å². The lowest BCUT2D eigenvalue weighted by atomic mass is 10.0. The summed E-state index contributed by atoms with van der Waals surface area (Å²) in [6, 6.07) is 6.96. The molecule has 0 saturated carbocycles. The van der Waals surface area contributed by atoms with Crippen molar-refractivity contribution in [2.24, 2.45) is 0 Å². The average Bonchev–Trinajstić information content (AvgIpc) is 2.91. The first kappa shape index (κ1) is 13.9. The first-order valence-electron chi connectivity index (χ1n) is 6.55. The van der Waals surface area contributed by atoms with E-state index in [0.29, 0.717) is 40.7 Å². The molecule has 2 heterocycles. The van der Waals surface area contributed by atoms with E-state index in [0.717, 1.165) is 0 Å². The summed E-state index contributed by atoms with van der Waals surface area (Å²) >= 11 is 1.41. The molecule has 110 valence electrons. The summed E-state index contributed by atoms with van der Waals surface area (Å²) in [5, 5.41) is 15.1. The number of nitrogens with one attached hydrogen (secondary N) is 1. The van der Waals surface area contributed by atoms with Gasteiger partial charge < -0.3 is 19.9 Å². The lowest BCUT2D eigenvalue weighted by molar-refractivity contribution is 0.0957. The molecular weight excluding hydrogens is 290 g/mol. The van der Waals surface area contributed by atoms with Crippen molar-refractivity contribution in [3.8, 4) is 11.5 Å². The van der Waals surface area contributed by atoms with Crippen LogP contribution in [0.15, 0.2) is 29.6 Å². The smallest absolute Gasteiger partial charge is 0.255 e. The lowest BCUT2D eigenvalue weighted by Crippen LogP contribution is -2.24. The molecule has 0 saturated heterocycles. The second-order valence-corrected chi connectivity index (χ2v) is 5.56. The first-order valence-corrected chi connectivity index (χ1v) is 7.43. The Morgan fingerprint density at radius 2 is 2.29 bits per heavy atom. The fourth-order valence-electron chi connectivity index (χ4n) is 2.27. The average molecular weight is 305 g/mol. The van der Waals surface area contributed by atoms with Gasteiger partial charge in [-0.2, -0.15) is 0 Å². The Bertz CT molecular complexity index is 667. The monoisotopic (exact) mass is 305 g/mol. The molecule has 21 heavy (non-hydrogen) atoms. The van der Waals surface area contributed by atoms with Crippen LogP contribution >= 0.6 is 11.3 Å². The number of thiophene rings is 1. The van der Waals surface area contributed by atoms with E-state index in [-0.39, 0.29) is 5.91 Å². The summed E-state index contributed by atoms with van der Waals surface area (Å²) in [7, 11) is 1.57. The van der Waals surface area contributed by atoms with Crippen molar-refractivity contribution < 1.29 is 19.4 Å². The molecule has 3 rings (SSSR count). The highest BCUT2D eigenvalue weighted by Gasteiger charge is 2.22. The zero-order chi connectivity index (χ0) is 14.8. The highest BCUT2D eigenvalue weighted by Crippen LogP contribution is 2.36. The minimum atomic E-state index is -0.832. The Morgan fingerprint density at radius 3 is 3.10 bits per heavy atom. The SMILES string of the molecule is COc1ccsc1C(O)c1ccc2c(c1)C(=O)NCCO2. The third kappa shape index (κ3) is 2.59. The number of benzene rings is 1. The molecule has 1 atom stereocenters. The number of ether oxygens (including phenoxy) is 2. The molecule has 1 aliphatic heterocycles. The molecule has 0 aliphatic carbocycles. The van der Waals surface area contributed by atoms with Crippen molar-refractivity contribution in [2.45, 2.75) is 6.10 Å². The van der Waals surface area contributed by atoms with Gasteiger partial charge in [-0.1, -0.05) is 6.07 Å². The van der Waals surface area contributed by atoms with Crippen molar-refractivity contribution in [2.75, 3.05) is 20.3 Å². The number of fused-ring (bicyclic) bond motifs is 1. The molecule has 1 aromatic carbocycles. The van der Waals surface area contributed by atoms with Crippen molar-refractivity contribution >= 4 is 17.2 Å². The molecule has 0 fully saturated rings. The first-order chi connectivity index (χ1) is 10.2. The van der Waals surface area contributed by atoms with E-state index in [1.54, 1.807) is 25.3 Å². The van der Waals surface area contributed by atoms with Crippen LogP contribution in [-0.2, 0) is 0 Å². The maximum Gasteiger partial charge on any atom is 0.255 e. The van der Waals surface area contributed by atoms with Crippen molar-refractivity contribution in [1.29, 1.82) is 0 Å². The number of rotatable bonds is 3. The van der Waals surface area contributed by atoms with Crippen molar-refractivity contribution in [3.05, 3.63) is 45.6 Å². The molecule has 1 aromatic heterocycles. The van der Waals surface area contributed by atoms with Gasteiger partial charge in [0.1, 0.15) is 24.2 Å². The maximum absolute atomic E-state index is 12.0. The Kier molecular flexibility index (Phi) is 3.81. The topological polar surface area (TPSA) is 67.8 Å². The van der Waals surface area contributed by atoms with E-state index >= 15 is 0 Å². The van der Waals surface area contributed by atoms with Crippen LogP contribution in [0.25, 0.3) is 0 Å². The van der Waals surface area contributed by atoms with Gasteiger partial charge in [0.25, 0.3) is 5.91 Å². The van der Waals surface area contributed by atoms with Crippen molar-refractivity contribution in [1.82, 2.24) is 5.32 Å². The third-order valence-electron chi connectivity index (χ3n) is 3.33. The van der Waals surface area contributed by atoms with Crippen molar-refractivity contribution in [3.63, 3.8) is 0 Å². The fraction of sp³-hybridized carbons (Fsp3) is 0.267. The number of carbonyl (C=O) groups excluding carboxylic acids is 1. The summed E-state index contributed by atoms with van der Waals surface area (Å²) in [6.07, 6.45) is -0.832. The predicted molar refractivity (Wildman–Crippen MR) is 79.2 cm³/mol. The zero-order valence-electron chi connectivity index (χ0n) is 11.5. The van der Waals surface area contributed by atoms with E-state index < -0.39 is 6.10 Å². The van der Waals surface area contributed by atoms with Gasteiger partial charge in [0.2, 0.25) is 0 Å². The number of amides is 1. The molecule has 1 amide bonds. The van der Waals surface area contributed by atoms with E-state index in [4.69, 9.17) is 9.47 Å². The van der Waals surface area contributed by atoms with Crippen LogP contribution in [0.4, 0.5) is 0 Å². The Labute approximate surface area is 126 Å². The maximum atomic E-state index is 12.0. The van der Waals surface area contributed by atoms with E-state index in [2.05, 4.69) is 5.32 Å². The molecule has 1 unspecified atom stereocenters. The van der Waals surface area contributed by atoms with Gasteiger partial charge in [0.15, 0.2) is 0 Å². The number of aliphatic hydroxyl groups is 1. The molecular formula is C15H15NO4S. The van der Waals surface area contributed by atoms with Gasteiger partial charge in [-0.15, -0.1) is 11.3 Å². The standard InChI is InChI=1S/C15H15NO4S/c1-19-12-4-7-21-14(12)13(17)9-2-3-11-10(8-9)15(18)16-5-6-20-11/h2-4,7-8,13,17H,5-6H2,1H3,(H,16,18). The van der Waals surface area contributed by atoms with E-state index in [1.807, 2.05) is 11.4 Å². The van der Waals surface area contributed by atoms with Crippen LogP contribution in [0, 0.1) is 0 Å². The highest BCUT2D eigenvalue weighted by atomic mass is 32.1. The molecule has 0 bridgehead atoms. The van der Waals surface area contributed by atoms with Gasteiger partial charge in [-0.25, -0.2) is 0 Å². The van der Waals surface area contributed by atoms with Crippen LogP contribution in [0.3, 0.4) is 0 Å². The second-order valence-electron chi connectivity index (χ2n) is 4.62. The van der Waals surface area contributed by atoms with Crippen LogP contribution < -0.4 is 14.8 Å². The van der Waals surface area contributed by atoms with Crippen LogP contribution in [0.2, 0.25) is 0 Å². The van der Waals surface area contributed by atoms with Gasteiger partial charge in [0, 0.05) is 0 Å². The summed E-state index contributed by atoms with van der Waals surface area (Å²) in [6.45, 7) is 0.920. The molecule has 2 aromatic rings. The Balaban J connectivity index is 1.98. The van der Waals surface area contributed by atoms with Crippen LogP contribution in [0.1, 0.15) is 26.9 Å². The van der Waals surface area contributed by atoms with Crippen LogP contribution in [0.5, 0.6) is 11.5 Å². The minimum Gasteiger partial charge on any atom is -0.495 e. The zero-order valence-corrected chi connectivity index (χ0v) is 12.3. The van der Waals surface area contributed by atoms with Gasteiger partial charge in [0.05, 0.1) is 24.1 Å². The molecule has 5 nitrogen and oxygen atoms in total. The minimum absolute atomic E-state index is 0.185. The van der Waals surface area contributed by atoms with Gasteiger partial charge >= 0.3 is 0 Å². The molecule has 2 N–H and O–H groups in total. The Hall–Kier alpha value is -2.05. The number of hydrogen-bond donors (Lipinski definition) is 2. The number of hydrogen-bond acceptors (Lipinski definition) is 5. The fourth-order valence-corrected chi connectivity index (χ4v) is 3.14. The van der Waals surface area contributed by atoms with Gasteiger partial charge in [-0.3, -0.25) is 4.79 Å². The van der Waals surface area contributed by atoms with Crippen LogP contribution in [-0.4, -0.2) is 31.3 Å². The molecule has 6 heteroatoms. The second kappa shape index (κ2) is 5.75.